The van der Waals surface area contributed by atoms with Crippen molar-refractivity contribution in [3.8, 4) is 0 Å². The van der Waals surface area contributed by atoms with E-state index >= 15 is 0 Å². The zero-order valence-electron chi connectivity index (χ0n) is 12.3. The highest BCUT2D eigenvalue weighted by Gasteiger charge is 2.27. The van der Waals surface area contributed by atoms with E-state index in [9.17, 15) is 5.11 Å². The molecule has 2 rings (SSSR count). The number of aryl methyl sites for hydroxylation is 2. The highest BCUT2D eigenvalue weighted by atomic mass is 16.3. The van der Waals surface area contributed by atoms with Crippen LogP contribution in [0.4, 0.5) is 5.69 Å². The first-order valence-electron chi connectivity index (χ1n) is 7.42. The summed E-state index contributed by atoms with van der Waals surface area (Å²) in [5, 5.41) is 12.8. The van der Waals surface area contributed by atoms with Crippen LogP contribution in [0.3, 0.4) is 0 Å². The Bertz CT molecular complexity index is 397. The second-order valence-electron chi connectivity index (χ2n) is 5.42. The maximum Gasteiger partial charge on any atom is 0.0601 e. The van der Waals surface area contributed by atoms with Crippen LogP contribution < -0.4 is 10.2 Å². The molecule has 19 heavy (non-hydrogen) atoms. The van der Waals surface area contributed by atoms with Gasteiger partial charge in [-0.25, -0.2) is 0 Å². The van der Waals surface area contributed by atoms with E-state index in [1.165, 1.54) is 16.8 Å². The molecule has 0 spiro atoms. The van der Waals surface area contributed by atoms with Gasteiger partial charge in [0.25, 0.3) is 0 Å². The van der Waals surface area contributed by atoms with Crippen LogP contribution in [0.2, 0.25) is 0 Å². The fourth-order valence-electron chi connectivity index (χ4n) is 2.95. The van der Waals surface area contributed by atoms with Crippen LogP contribution in [-0.2, 0) is 12.8 Å². The lowest BCUT2D eigenvalue weighted by Crippen LogP contribution is -2.57. The van der Waals surface area contributed by atoms with Crippen LogP contribution in [0.25, 0.3) is 0 Å². The molecule has 2 unspecified atom stereocenters. The zero-order chi connectivity index (χ0) is 13.8. The maximum absolute atomic E-state index is 9.41. The van der Waals surface area contributed by atoms with Gasteiger partial charge in [-0.2, -0.15) is 0 Å². The van der Waals surface area contributed by atoms with E-state index in [0.717, 1.165) is 25.9 Å². The second-order valence-corrected chi connectivity index (χ2v) is 5.42. The summed E-state index contributed by atoms with van der Waals surface area (Å²) in [6.07, 6.45) is 2.12. The van der Waals surface area contributed by atoms with Crippen LogP contribution in [-0.4, -0.2) is 36.9 Å². The molecule has 3 heteroatoms. The molecule has 0 bridgehead atoms. The second kappa shape index (κ2) is 6.40. The molecule has 1 aromatic rings. The van der Waals surface area contributed by atoms with Crippen LogP contribution in [0.1, 0.15) is 31.9 Å². The smallest absolute Gasteiger partial charge is 0.0601 e. The summed E-state index contributed by atoms with van der Waals surface area (Å²) >= 11 is 0. The minimum absolute atomic E-state index is 0.186. The molecule has 0 aromatic heterocycles. The van der Waals surface area contributed by atoms with Gasteiger partial charge in [0.05, 0.1) is 6.61 Å². The van der Waals surface area contributed by atoms with E-state index in [1.54, 1.807) is 0 Å². The number of anilines is 1. The lowest BCUT2D eigenvalue weighted by molar-refractivity contribution is 0.227. The fraction of sp³-hybridized carbons (Fsp3) is 0.625. The van der Waals surface area contributed by atoms with Crippen molar-refractivity contribution >= 4 is 5.69 Å². The van der Waals surface area contributed by atoms with Crippen LogP contribution >= 0.6 is 0 Å². The molecule has 1 saturated heterocycles. The van der Waals surface area contributed by atoms with Crippen molar-refractivity contribution in [1.82, 2.24) is 5.32 Å². The Morgan fingerprint density at radius 2 is 1.89 bits per heavy atom. The van der Waals surface area contributed by atoms with Gasteiger partial charge < -0.3 is 15.3 Å². The highest BCUT2D eigenvalue weighted by Crippen LogP contribution is 2.29. The van der Waals surface area contributed by atoms with Crippen molar-refractivity contribution < 1.29 is 5.11 Å². The molecular weight excluding hydrogens is 236 g/mol. The summed E-state index contributed by atoms with van der Waals surface area (Å²) in [7, 11) is 0. The molecule has 0 aliphatic carbocycles. The van der Waals surface area contributed by atoms with Crippen molar-refractivity contribution in [3.05, 3.63) is 29.3 Å². The minimum atomic E-state index is 0.186. The summed E-state index contributed by atoms with van der Waals surface area (Å²) in [4.78, 5) is 2.48. The average Bonchev–Trinajstić information content (AvgIpc) is 2.47. The number of aliphatic hydroxyl groups excluding tert-OH is 1. The van der Waals surface area contributed by atoms with E-state index in [2.05, 4.69) is 49.2 Å². The number of nitrogens with one attached hydrogen (secondary N) is 1. The molecule has 1 aromatic carbocycles. The Morgan fingerprint density at radius 3 is 2.42 bits per heavy atom. The molecular formula is C16H26N2O. The largest absolute Gasteiger partial charge is 0.395 e. The summed E-state index contributed by atoms with van der Waals surface area (Å²) in [6.45, 7) is 8.73. The number of aliphatic hydroxyl groups is 1. The Labute approximate surface area is 116 Å². The van der Waals surface area contributed by atoms with Gasteiger partial charge in [-0.3, -0.25) is 0 Å². The monoisotopic (exact) mass is 262 g/mol. The Balaban J connectivity index is 2.37. The van der Waals surface area contributed by atoms with Crippen molar-refractivity contribution in [2.24, 2.45) is 0 Å². The quantitative estimate of drug-likeness (QED) is 0.871. The molecule has 1 aliphatic heterocycles. The van der Waals surface area contributed by atoms with Crippen LogP contribution in [0.15, 0.2) is 18.2 Å². The molecule has 1 aliphatic rings. The molecule has 2 N–H and O–H groups in total. The van der Waals surface area contributed by atoms with E-state index in [1.807, 2.05) is 0 Å². The number of piperazine rings is 1. The number of para-hydroxylation sites is 1. The maximum atomic E-state index is 9.41. The Hall–Kier alpha value is -1.06. The molecule has 3 nitrogen and oxygen atoms in total. The third-order valence-corrected chi connectivity index (χ3v) is 4.12. The first-order valence-corrected chi connectivity index (χ1v) is 7.42. The van der Waals surface area contributed by atoms with E-state index < -0.39 is 0 Å². The number of hydrogen-bond donors (Lipinski definition) is 2. The van der Waals surface area contributed by atoms with Crippen LogP contribution in [0.5, 0.6) is 0 Å². The van der Waals surface area contributed by atoms with Crippen molar-refractivity contribution in [1.29, 1.82) is 0 Å². The van der Waals surface area contributed by atoms with Crippen molar-refractivity contribution in [3.63, 3.8) is 0 Å². The first-order chi connectivity index (χ1) is 9.21. The predicted molar refractivity (Wildman–Crippen MR) is 80.9 cm³/mol. The van der Waals surface area contributed by atoms with Crippen molar-refractivity contribution in [2.75, 3.05) is 24.6 Å². The third kappa shape index (κ3) is 2.93. The van der Waals surface area contributed by atoms with Gasteiger partial charge in [-0.1, -0.05) is 32.0 Å². The number of nitrogens with zero attached hydrogens (tertiary/aromatic N) is 1. The van der Waals surface area contributed by atoms with Gasteiger partial charge in [0.1, 0.15) is 0 Å². The van der Waals surface area contributed by atoms with E-state index in [-0.39, 0.29) is 12.6 Å². The Morgan fingerprint density at radius 1 is 1.26 bits per heavy atom. The van der Waals surface area contributed by atoms with Gasteiger partial charge in [0.15, 0.2) is 0 Å². The third-order valence-electron chi connectivity index (χ3n) is 4.12. The Kier molecular flexibility index (Phi) is 4.83. The molecule has 2 atom stereocenters. The normalized spacial score (nSPS) is 23.7. The lowest BCUT2D eigenvalue weighted by atomic mass is 9.99. The minimum Gasteiger partial charge on any atom is -0.395 e. The van der Waals surface area contributed by atoms with Gasteiger partial charge in [-0.15, -0.1) is 0 Å². The molecule has 0 saturated carbocycles. The molecule has 1 heterocycles. The SMILES string of the molecule is CCc1cccc(CC)c1N1CC(CO)NCC1C. The van der Waals surface area contributed by atoms with E-state index in [0.29, 0.717) is 6.04 Å². The number of benzene rings is 1. The summed E-state index contributed by atoms with van der Waals surface area (Å²) in [5.74, 6) is 0. The topological polar surface area (TPSA) is 35.5 Å². The van der Waals surface area contributed by atoms with Gasteiger partial charge in [0, 0.05) is 30.9 Å². The highest BCUT2D eigenvalue weighted by molar-refractivity contribution is 5.61. The van der Waals surface area contributed by atoms with Gasteiger partial charge in [-0.05, 0) is 30.9 Å². The molecule has 0 amide bonds. The first kappa shape index (κ1) is 14.4. The van der Waals surface area contributed by atoms with Crippen molar-refractivity contribution in [2.45, 2.75) is 45.7 Å². The summed E-state index contributed by atoms with van der Waals surface area (Å²) in [6, 6.07) is 7.29. The summed E-state index contributed by atoms with van der Waals surface area (Å²) in [5.41, 5.74) is 4.24. The molecule has 0 radical (unpaired) electrons. The lowest BCUT2D eigenvalue weighted by Gasteiger charge is -2.41. The van der Waals surface area contributed by atoms with Gasteiger partial charge >= 0.3 is 0 Å². The zero-order valence-corrected chi connectivity index (χ0v) is 12.3. The summed E-state index contributed by atoms with van der Waals surface area (Å²) < 4.78 is 0. The fourth-order valence-corrected chi connectivity index (χ4v) is 2.95. The number of rotatable bonds is 4. The molecule has 1 fully saturated rings. The molecule has 106 valence electrons. The van der Waals surface area contributed by atoms with Crippen LogP contribution in [0, 0.1) is 0 Å². The number of hydrogen-bond acceptors (Lipinski definition) is 3. The predicted octanol–water partition coefficient (Wildman–Crippen LogP) is 1.97. The average molecular weight is 262 g/mol. The standard InChI is InChI=1S/C16H26N2O/c1-4-13-7-6-8-14(5-2)16(13)18-10-15(11-19)17-9-12(18)3/h6-8,12,15,17,19H,4-5,9-11H2,1-3H3. The van der Waals surface area contributed by atoms with E-state index in [4.69, 9.17) is 0 Å². The van der Waals surface area contributed by atoms with Gasteiger partial charge in [0.2, 0.25) is 0 Å².